The van der Waals surface area contributed by atoms with Crippen molar-refractivity contribution in [1.82, 2.24) is 4.90 Å². The predicted octanol–water partition coefficient (Wildman–Crippen LogP) is 5.52. The molecule has 0 heterocycles. The van der Waals surface area contributed by atoms with Crippen LogP contribution in [0.5, 0.6) is 0 Å². The lowest BCUT2D eigenvalue weighted by atomic mass is 9.93. The molecule has 0 saturated heterocycles. The first-order chi connectivity index (χ1) is 13.5. The zero-order chi connectivity index (χ0) is 22.1. The molecule has 3 unspecified atom stereocenters. The van der Waals surface area contributed by atoms with Crippen LogP contribution in [0, 0.1) is 23.6 Å². The lowest BCUT2D eigenvalue weighted by molar-refractivity contribution is -0.128. The van der Waals surface area contributed by atoms with Crippen molar-refractivity contribution >= 4 is 29.1 Å². The quantitative estimate of drug-likeness (QED) is 0.378. The van der Waals surface area contributed by atoms with Crippen LogP contribution in [0.3, 0.4) is 0 Å². The monoisotopic (exact) mass is 421 g/mol. The van der Waals surface area contributed by atoms with Gasteiger partial charge in [-0.1, -0.05) is 59.0 Å². The summed E-state index contributed by atoms with van der Waals surface area (Å²) in [5.74, 6) is 0.637. The van der Waals surface area contributed by atoms with Gasteiger partial charge in [-0.2, -0.15) is 0 Å². The first-order valence-corrected chi connectivity index (χ1v) is 10.9. The number of benzene rings is 1. The molecule has 0 radical (unpaired) electrons. The van der Waals surface area contributed by atoms with E-state index in [1.807, 2.05) is 0 Å². The summed E-state index contributed by atoms with van der Waals surface area (Å²) >= 11 is 5.53. The molecule has 3 atom stereocenters. The van der Waals surface area contributed by atoms with E-state index in [0.717, 1.165) is 6.42 Å². The number of aliphatic hydroxyl groups is 1. The Labute approximate surface area is 181 Å². The zero-order valence-corrected chi connectivity index (χ0v) is 19.4. The van der Waals surface area contributed by atoms with Crippen LogP contribution in [0.2, 0.25) is 0 Å². The second-order valence-electron chi connectivity index (χ2n) is 8.84. The number of halogens is 1. The minimum atomic E-state index is -0.767. The van der Waals surface area contributed by atoms with E-state index in [1.165, 1.54) is 18.2 Å². The van der Waals surface area contributed by atoms with Gasteiger partial charge in [0, 0.05) is 17.5 Å². The fraction of sp³-hybridized carbons (Fsp3) is 0.583. The third kappa shape index (κ3) is 9.18. The van der Waals surface area contributed by atoms with Gasteiger partial charge in [-0.3, -0.25) is 4.79 Å². The summed E-state index contributed by atoms with van der Waals surface area (Å²) < 4.78 is 13.4. The summed E-state index contributed by atoms with van der Waals surface area (Å²) in [4.78, 5) is 15.5. The van der Waals surface area contributed by atoms with Crippen molar-refractivity contribution in [2.75, 3.05) is 6.54 Å². The molecule has 1 N–H and O–H groups in total. The highest BCUT2D eigenvalue weighted by molar-refractivity contribution is 7.80. The van der Waals surface area contributed by atoms with E-state index in [0.29, 0.717) is 41.1 Å². The predicted molar refractivity (Wildman–Crippen MR) is 123 cm³/mol. The normalized spacial score (nSPS) is 15.0. The highest BCUT2D eigenvalue weighted by Gasteiger charge is 2.30. The third-order valence-corrected chi connectivity index (χ3v) is 5.36. The van der Waals surface area contributed by atoms with Crippen molar-refractivity contribution < 1.29 is 14.3 Å². The highest BCUT2D eigenvalue weighted by Crippen LogP contribution is 2.21. The number of aliphatic hydroxyl groups excluding tert-OH is 1. The standard InChI is InChI=1S/C24H36FNO2S/c1-16(2)12-18(5)15-26(22(13-17(3)4)24(29)19(6)27)23(28)11-10-20-8-7-9-21(25)14-20/h7-11,14,16-19,22,27H,12-13,15H2,1-6H3. The molecule has 0 bridgehead atoms. The van der Waals surface area contributed by atoms with Crippen molar-refractivity contribution in [1.29, 1.82) is 0 Å². The van der Waals surface area contributed by atoms with Crippen LogP contribution in [0.25, 0.3) is 6.08 Å². The van der Waals surface area contributed by atoms with Crippen LogP contribution in [-0.2, 0) is 4.79 Å². The van der Waals surface area contributed by atoms with Gasteiger partial charge in [0.2, 0.25) is 5.91 Å². The molecule has 0 spiro atoms. The summed E-state index contributed by atoms with van der Waals surface area (Å²) in [6, 6.07) is 5.82. The molecule has 162 valence electrons. The first-order valence-electron chi connectivity index (χ1n) is 10.5. The SMILES string of the molecule is CC(C)CC(C)CN(C(=O)C=Cc1cccc(F)c1)C(CC(C)C)C(=S)C(C)O. The van der Waals surface area contributed by atoms with E-state index >= 15 is 0 Å². The Morgan fingerprint density at radius 1 is 1.14 bits per heavy atom. The average Bonchev–Trinajstić information content (AvgIpc) is 2.61. The first kappa shape index (κ1) is 25.4. The zero-order valence-electron chi connectivity index (χ0n) is 18.6. The van der Waals surface area contributed by atoms with Crippen molar-refractivity contribution in [2.24, 2.45) is 17.8 Å². The van der Waals surface area contributed by atoms with E-state index in [-0.39, 0.29) is 17.8 Å². The largest absolute Gasteiger partial charge is 0.388 e. The highest BCUT2D eigenvalue weighted by atomic mass is 32.1. The molecule has 3 nitrogen and oxygen atoms in total. The number of carbonyl (C=O) groups excluding carboxylic acids is 1. The Morgan fingerprint density at radius 3 is 2.28 bits per heavy atom. The van der Waals surface area contributed by atoms with Crippen molar-refractivity contribution in [2.45, 2.75) is 66.5 Å². The molecule has 1 aromatic rings. The lowest BCUT2D eigenvalue weighted by Gasteiger charge is -2.36. The van der Waals surface area contributed by atoms with Gasteiger partial charge in [0.25, 0.3) is 0 Å². The average molecular weight is 422 g/mol. The number of nitrogens with zero attached hydrogens (tertiary/aromatic N) is 1. The summed E-state index contributed by atoms with van der Waals surface area (Å²) in [5, 5.41) is 10.1. The number of hydrogen-bond donors (Lipinski definition) is 1. The number of amides is 1. The Kier molecular flexibility index (Phi) is 10.7. The van der Waals surface area contributed by atoms with Gasteiger partial charge in [0.05, 0.1) is 12.1 Å². The topological polar surface area (TPSA) is 40.5 Å². The maximum atomic E-state index is 13.4. The fourth-order valence-electron chi connectivity index (χ4n) is 3.58. The van der Waals surface area contributed by atoms with Gasteiger partial charge in [0.1, 0.15) is 5.82 Å². The second kappa shape index (κ2) is 12.2. The van der Waals surface area contributed by atoms with Crippen LogP contribution in [0.15, 0.2) is 30.3 Å². The third-order valence-electron chi connectivity index (χ3n) is 4.74. The van der Waals surface area contributed by atoms with Crippen LogP contribution in [-0.4, -0.2) is 39.5 Å². The lowest BCUT2D eigenvalue weighted by Crippen LogP contribution is -2.49. The molecule has 0 saturated carbocycles. The summed E-state index contributed by atoms with van der Waals surface area (Å²) in [6.45, 7) is 12.8. The van der Waals surface area contributed by atoms with E-state index < -0.39 is 6.10 Å². The number of carbonyl (C=O) groups is 1. The van der Waals surface area contributed by atoms with E-state index in [4.69, 9.17) is 12.2 Å². The number of thiocarbonyl (C=S) groups is 1. The van der Waals surface area contributed by atoms with E-state index in [9.17, 15) is 14.3 Å². The van der Waals surface area contributed by atoms with Crippen molar-refractivity contribution in [3.05, 3.63) is 41.7 Å². The van der Waals surface area contributed by atoms with Gasteiger partial charge in [0.15, 0.2) is 0 Å². The Morgan fingerprint density at radius 2 is 1.76 bits per heavy atom. The Hall–Kier alpha value is -1.59. The molecule has 0 aliphatic rings. The van der Waals surface area contributed by atoms with Crippen LogP contribution in [0.1, 0.15) is 59.9 Å². The fourth-order valence-corrected chi connectivity index (χ4v) is 3.80. The van der Waals surface area contributed by atoms with Crippen LogP contribution >= 0.6 is 12.2 Å². The Bertz CT molecular complexity index is 700. The minimum Gasteiger partial charge on any atom is -0.388 e. The molecule has 0 fully saturated rings. The van der Waals surface area contributed by atoms with Gasteiger partial charge in [-0.05, 0) is 61.3 Å². The molecule has 1 amide bonds. The number of rotatable bonds is 11. The van der Waals surface area contributed by atoms with Gasteiger partial charge in [-0.15, -0.1) is 0 Å². The molecule has 1 rings (SSSR count). The summed E-state index contributed by atoms with van der Waals surface area (Å²) in [5.41, 5.74) is 0.632. The molecule has 0 aliphatic heterocycles. The molecule has 5 heteroatoms. The van der Waals surface area contributed by atoms with Gasteiger partial charge >= 0.3 is 0 Å². The Balaban J connectivity index is 3.18. The molecule has 0 aliphatic carbocycles. The maximum Gasteiger partial charge on any atom is 0.247 e. The van der Waals surface area contributed by atoms with Crippen LogP contribution in [0.4, 0.5) is 4.39 Å². The number of hydrogen-bond acceptors (Lipinski definition) is 3. The molecule has 1 aromatic carbocycles. The molecular formula is C24H36FNO2S. The van der Waals surface area contributed by atoms with Crippen molar-refractivity contribution in [3.63, 3.8) is 0 Å². The van der Waals surface area contributed by atoms with Gasteiger partial charge in [-0.25, -0.2) is 4.39 Å². The van der Waals surface area contributed by atoms with Crippen molar-refractivity contribution in [3.8, 4) is 0 Å². The molecule has 0 aromatic heterocycles. The summed E-state index contributed by atoms with van der Waals surface area (Å²) in [7, 11) is 0. The molecular weight excluding hydrogens is 385 g/mol. The minimum absolute atomic E-state index is 0.168. The second-order valence-corrected chi connectivity index (χ2v) is 9.31. The maximum absolute atomic E-state index is 13.4. The summed E-state index contributed by atoms with van der Waals surface area (Å²) in [6.07, 6.45) is 4.03. The smallest absolute Gasteiger partial charge is 0.247 e. The van der Waals surface area contributed by atoms with E-state index in [1.54, 1.807) is 30.0 Å². The van der Waals surface area contributed by atoms with E-state index in [2.05, 4.69) is 34.6 Å². The molecule has 29 heavy (non-hydrogen) atoms. The van der Waals surface area contributed by atoms with Crippen LogP contribution < -0.4 is 0 Å². The van der Waals surface area contributed by atoms with Gasteiger partial charge < -0.3 is 10.0 Å².